The highest BCUT2D eigenvalue weighted by molar-refractivity contribution is 9.10. The summed E-state index contributed by atoms with van der Waals surface area (Å²) in [5.74, 6) is 1.28. The van der Waals surface area contributed by atoms with E-state index in [0.717, 1.165) is 22.9 Å². The van der Waals surface area contributed by atoms with Crippen LogP contribution in [0.25, 0.3) is 0 Å². The van der Waals surface area contributed by atoms with Crippen molar-refractivity contribution in [2.45, 2.75) is 25.8 Å². The number of rotatable bonds is 5. The second-order valence-electron chi connectivity index (χ2n) is 4.80. The fourth-order valence-corrected chi connectivity index (χ4v) is 2.77. The molecular weight excluding hydrogens is 373 g/mol. The Morgan fingerprint density at radius 1 is 1.14 bits per heavy atom. The summed E-state index contributed by atoms with van der Waals surface area (Å²) in [5, 5.41) is 1.15. The van der Waals surface area contributed by atoms with E-state index >= 15 is 0 Å². The second-order valence-corrected chi connectivity index (χ2v) is 6.56. The van der Waals surface area contributed by atoms with Crippen molar-refractivity contribution in [3.63, 3.8) is 0 Å². The quantitative estimate of drug-likeness (QED) is 0.699. The first-order valence-corrected chi connectivity index (χ1v) is 8.21. The lowest BCUT2D eigenvalue weighted by atomic mass is 10.0. The molecule has 0 bridgehead atoms. The van der Waals surface area contributed by atoms with Crippen LogP contribution in [0.5, 0.6) is 11.5 Å². The average molecular weight is 389 g/mol. The topological polar surface area (TPSA) is 35.2 Å². The summed E-state index contributed by atoms with van der Waals surface area (Å²) < 4.78 is 6.83. The lowest BCUT2D eigenvalue weighted by Gasteiger charge is -2.15. The molecule has 0 heterocycles. The van der Waals surface area contributed by atoms with E-state index in [9.17, 15) is 0 Å². The zero-order valence-corrected chi connectivity index (χ0v) is 14.7. The second kappa shape index (κ2) is 7.50. The maximum absolute atomic E-state index is 6.19. The third-order valence-electron chi connectivity index (χ3n) is 3.15. The summed E-state index contributed by atoms with van der Waals surface area (Å²) in [7, 11) is 0. The molecule has 2 rings (SSSR count). The first kappa shape index (κ1) is 16.6. The Balaban J connectivity index is 2.31. The number of ether oxygens (including phenoxy) is 1. The Labute approximate surface area is 143 Å². The lowest BCUT2D eigenvalue weighted by molar-refractivity contribution is 0.472. The zero-order chi connectivity index (χ0) is 15.4. The molecule has 0 amide bonds. The fraction of sp³-hybridized carbons (Fsp3) is 0.250. The van der Waals surface area contributed by atoms with Gasteiger partial charge < -0.3 is 10.5 Å². The van der Waals surface area contributed by atoms with Gasteiger partial charge in [0.2, 0.25) is 0 Å². The van der Waals surface area contributed by atoms with Gasteiger partial charge in [0, 0.05) is 15.5 Å². The van der Waals surface area contributed by atoms with Crippen molar-refractivity contribution in [1.82, 2.24) is 0 Å². The molecule has 2 N–H and O–H groups in total. The van der Waals surface area contributed by atoms with E-state index in [1.54, 1.807) is 12.1 Å². The molecule has 2 aromatic carbocycles. The van der Waals surface area contributed by atoms with Gasteiger partial charge in [-0.1, -0.05) is 52.1 Å². The molecule has 0 aliphatic rings. The van der Waals surface area contributed by atoms with E-state index in [4.69, 9.17) is 33.7 Å². The molecule has 0 aromatic heterocycles. The Kier molecular flexibility index (Phi) is 5.94. The summed E-state index contributed by atoms with van der Waals surface area (Å²) >= 11 is 15.6. The number of hydrogen-bond donors (Lipinski definition) is 1. The van der Waals surface area contributed by atoms with Crippen LogP contribution in [0.2, 0.25) is 10.0 Å². The summed E-state index contributed by atoms with van der Waals surface area (Å²) in [6.45, 7) is 2.06. The van der Waals surface area contributed by atoms with E-state index in [0.29, 0.717) is 21.5 Å². The van der Waals surface area contributed by atoms with Gasteiger partial charge in [-0.05, 0) is 48.7 Å². The molecule has 0 saturated heterocycles. The third-order valence-corrected chi connectivity index (χ3v) is 4.17. The Bertz CT molecular complexity index is 634. The standard InChI is InChI=1S/C16H16BrCl2NO/c1-2-13(20)7-10-3-5-12(18)9-16(10)21-15-6-4-11(17)8-14(15)19/h3-6,8-9,13H,2,7,20H2,1H3. The van der Waals surface area contributed by atoms with E-state index < -0.39 is 0 Å². The van der Waals surface area contributed by atoms with E-state index in [1.807, 2.05) is 24.3 Å². The van der Waals surface area contributed by atoms with Gasteiger partial charge >= 0.3 is 0 Å². The number of nitrogens with two attached hydrogens (primary N) is 1. The molecule has 0 fully saturated rings. The lowest BCUT2D eigenvalue weighted by Crippen LogP contribution is -2.21. The van der Waals surface area contributed by atoms with Crippen molar-refractivity contribution in [2.75, 3.05) is 0 Å². The molecule has 5 heteroatoms. The van der Waals surface area contributed by atoms with Crippen molar-refractivity contribution in [2.24, 2.45) is 5.73 Å². The molecule has 112 valence electrons. The number of benzene rings is 2. The van der Waals surface area contributed by atoms with Gasteiger partial charge in [0.25, 0.3) is 0 Å². The molecule has 0 aliphatic heterocycles. The molecule has 0 radical (unpaired) electrons. The normalized spacial score (nSPS) is 12.2. The smallest absolute Gasteiger partial charge is 0.146 e. The summed E-state index contributed by atoms with van der Waals surface area (Å²) in [6.07, 6.45) is 1.64. The van der Waals surface area contributed by atoms with Crippen LogP contribution < -0.4 is 10.5 Å². The molecule has 0 aliphatic carbocycles. The highest BCUT2D eigenvalue weighted by Gasteiger charge is 2.11. The Morgan fingerprint density at radius 2 is 1.90 bits per heavy atom. The maximum atomic E-state index is 6.19. The molecule has 0 saturated carbocycles. The minimum atomic E-state index is 0.0916. The average Bonchev–Trinajstić information content (AvgIpc) is 2.44. The molecule has 2 nitrogen and oxygen atoms in total. The first-order valence-electron chi connectivity index (χ1n) is 6.66. The predicted octanol–water partition coefficient (Wildman–Crippen LogP) is 5.83. The Morgan fingerprint density at radius 3 is 2.57 bits per heavy atom. The van der Waals surface area contributed by atoms with Gasteiger partial charge in [0.05, 0.1) is 5.02 Å². The SMILES string of the molecule is CCC(N)Cc1ccc(Cl)cc1Oc1ccc(Br)cc1Cl. The van der Waals surface area contributed by atoms with Crippen LogP contribution in [0, 0.1) is 0 Å². The molecule has 21 heavy (non-hydrogen) atoms. The Hall–Kier alpha value is -0.740. The first-order chi connectivity index (χ1) is 9.99. The van der Waals surface area contributed by atoms with Gasteiger partial charge in [-0.25, -0.2) is 0 Å². The van der Waals surface area contributed by atoms with Crippen LogP contribution in [0.4, 0.5) is 0 Å². The predicted molar refractivity (Wildman–Crippen MR) is 92.6 cm³/mol. The maximum Gasteiger partial charge on any atom is 0.146 e. The molecular formula is C16H16BrCl2NO. The van der Waals surface area contributed by atoms with Crippen LogP contribution in [0.15, 0.2) is 40.9 Å². The van der Waals surface area contributed by atoms with E-state index in [-0.39, 0.29) is 6.04 Å². The van der Waals surface area contributed by atoms with Crippen molar-refractivity contribution < 1.29 is 4.74 Å². The van der Waals surface area contributed by atoms with Crippen molar-refractivity contribution in [3.8, 4) is 11.5 Å². The molecule has 2 aromatic rings. The minimum Gasteiger partial charge on any atom is -0.455 e. The van der Waals surface area contributed by atoms with Gasteiger partial charge in [0.1, 0.15) is 11.5 Å². The molecule has 1 atom stereocenters. The summed E-state index contributed by atoms with van der Waals surface area (Å²) in [6, 6.07) is 11.2. The van der Waals surface area contributed by atoms with Crippen molar-refractivity contribution in [1.29, 1.82) is 0 Å². The zero-order valence-electron chi connectivity index (χ0n) is 11.6. The molecule has 0 spiro atoms. The van der Waals surface area contributed by atoms with Crippen LogP contribution in [-0.4, -0.2) is 6.04 Å². The van der Waals surface area contributed by atoms with Gasteiger partial charge in [-0.15, -0.1) is 0 Å². The van der Waals surface area contributed by atoms with Crippen LogP contribution >= 0.6 is 39.1 Å². The van der Waals surface area contributed by atoms with Gasteiger partial charge in [-0.3, -0.25) is 0 Å². The van der Waals surface area contributed by atoms with Gasteiger partial charge in [0.15, 0.2) is 0 Å². The molecule has 1 unspecified atom stereocenters. The van der Waals surface area contributed by atoms with Gasteiger partial charge in [-0.2, -0.15) is 0 Å². The number of hydrogen-bond acceptors (Lipinski definition) is 2. The number of halogens is 3. The van der Waals surface area contributed by atoms with Crippen LogP contribution in [-0.2, 0) is 6.42 Å². The fourth-order valence-electron chi connectivity index (χ4n) is 1.90. The van der Waals surface area contributed by atoms with Crippen LogP contribution in [0.1, 0.15) is 18.9 Å². The third kappa shape index (κ3) is 4.62. The van der Waals surface area contributed by atoms with Crippen molar-refractivity contribution >= 4 is 39.1 Å². The van der Waals surface area contributed by atoms with Crippen LogP contribution in [0.3, 0.4) is 0 Å². The highest BCUT2D eigenvalue weighted by Crippen LogP contribution is 2.34. The summed E-state index contributed by atoms with van der Waals surface area (Å²) in [5.41, 5.74) is 7.06. The largest absolute Gasteiger partial charge is 0.455 e. The van der Waals surface area contributed by atoms with Crippen molar-refractivity contribution in [3.05, 3.63) is 56.5 Å². The minimum absolute atomic E-state index is 0.0916. The van der Waals surface area contributed by atoms with E-state index in [2.05, 4.69) is 22.9 Å². The van der Waals surface area contributed by atoms with E-state index in [1.165, 1.54) is 0 Å². The highest BCUT2D eigenvalue weighted by atomic mass is 79.9. The monoisotopic (exact) mass is 387 g/mol. The summed E-state index contributed by atoms with van der Waals surface area (Å²) in [4.78, 5) is 0.